The predicted octanol–water partition coefficient (Wildman–Crippen LogP) is 3.50. The molecule has 0 aliphatic heterocycles. The van der Waals surface area contributed by atoms with E-state index in [1.807, 2.05) is 6.20 Å². The molecule has 2 rings (SSSR count). The van der Waals surface area contributed by atoms with Crippen molar-refractivity contribution in [1.82, 2.24) is 4.98 Å². The molecule has 1 aliphatic carbocycles. The molecule has 0 atom stereocenters. The van der Waals surface area contributed by atoms with Crippen molar-refractivity contribution in [3.8, 4) is 0 Å². The Labute approximate surface area is 89.7 Å². The van der Waals surface area contributed by atoms with Gasteiger partial charge in [-0.15, -0.1) is 11.6 Å². The zero-order valence-corrected chi connectivity index (χ0v) is 9.09. The Kier molecular flexibility index (Phi) is 3.46. The molecule has 0 N–H and O–H groups in total. The largest absolute Gasteiger partial charge is 0.445 e. The summed E-state index contributed by atoms with van der Waals surface area (Å²) in [6.45, 7) is 0. The van der Waals surface area contributed by atoms with Gasteiger partial charge in [0.2, 0.25) is 0 Å². The van der Waals surface area contributed by atoms with E-state index in [1.165, 1.54) is 32.1 Å². The Hall–Kier alpha value is -0.500. The van der Waals surface area contributed by atoms with E-state index >= 15 is 0 Å². The Balaban J connectivity index is 2.00. The highest BCUT2D eigenvalue weighted by Crippen LogP contribution is 2.32. The molecule has 14 heavy (non-hydrogen) atoms. The van der Waals surface area contributed by atoms with Crippen LogP contribution in [-0.2, 0) is 6.42 Å². The van der Waals surface area contributed by atoms with Crippen molar-refractivity contribution in [2.75, 3.05) is 5.88 Å². The van der Waals surface area contributed by atoms with E-state index in [1.54, 1.807) is 0 Å². The van der Waals surface area contributed by atoms with Crippen molar-refractivity contribution >= 4 is 11.6 Å². The predicted molar refractivity (Wildman–Crippen MR) is 56.8 cm³/mol. The number of aromatic nitrogens is 1. The van der Waals surface area contributed by atoms with Gasteiger partial charge >= 0.3 is 0 Å². The average molecular weight is 214 g/mol. The first-order valence-electron chi connectivity index (χ1n) is 5.40. The van der Waals surface area contributed by atoms with Gasteiger partial charge in [0.15, 0.2) is 5.89 Å². The molecule has 0 bridgehead atoms. The molecular formula is C11H16ClNO. The minimum absolute atomic E-state index is 0.588. The van der Waals surface area contributed by atoms with Crippen molar-refractivity contribution < 1.29 is 4.42 Å². The van der Waals surface area contributed by atoms with Crippen LogP contribution >= 0.6 is 11.6 Å². The van der Waals surface area contributed by atoms with Crippen molar-refractivity contribution in [3.63, 3.8) is 0 Å². The Bertz CT molecular complexity index is 279. The lowest BCUT2D eigenvalue weighted by atomic mass is 9.88. The van der Waals surface area contributed by atoms with Gasteiger partial charge in [-0.3, -0.25) is 0 Å². The second-order valence-corrected chi connectivity index (χ2v) is 4.31. The van der Waals surface area contributed by atoms with Gasteiger partial charge in [0.1, 0.15) is 5.76 Å². The van der Waals surface area contributed by atoms with Crippen molar-refractivity contribution in [2.45, 2.75) is 44.4 Å². The van der Waals surface area contributed by atoms with E-state index in [2.05, 4.69) is 4.98 Å². The number of halogens is 1. The highest BCUT2D eigenvalue weighted by atomic mass is 35.5. The molecular weight excluding hydrogens is 198 g/mol. The molecule has 1 aromatic rings. The third-order valence-electron chi connectivity index (χ3n) is 2.89. The van der Waals surface area contributed by atoms with Gasteiger partial charge in [-0.25, -0.2) is 4.98 Å². The molecule has 1 aromatic heterocycles. The first-order valence-corrected chi connectivity index (χ1v) is 5.94. The van der Waals surface area contributed by atoms with Gasteiger partial charge in [0, 0.05) is 18.2 Å². The summed E-state index contributed by atoms with van der Waals surface area (Å²) in [5, 5.41) is 0. The van der Waals surface area contributed by atoms with Gasteiger partial charge in [-0.2, -0.15) is 0 Å². The Morgan fingerprint density at radius 1 is 1.36 bits per heavy atom. The van der Waals surface area contributed by atoms with E-state index in [-0.39, 0.29) is 0 Å². The SMILES string of the molecule is ClCCc1ncc(C2CCCCC2)o1. The van der Waals surface area contributed by atoms with Crippen molar-refractivity contribution in [1.29, 1.82) is 0 Å². The first-order chi connectivity index (χ1) is 6.90. The van der Waals surface area contributed by atoms with Crippen LogP contribution in [0.25, 0.3) is 0 Å². The molecule has 0 amide bonds. The molecule has 1 aliphatic rings. The fraction of sp³-hybridized carbons (Fsp3) is 0.727. The molecule has 1 fully saturated rings. The lowest BCUT2D eigenvalue weighted by Crippen LogP contribution is -2.03. The zero-order chi connectivity index (χ0) is 9.80. The van der Waals surface area contributed by atoms with Gasteiger partial charge < -0.3 is 4.42 Å². The maximum Gasteiger partial charge on any atom is 0.195 e. The van der Waals surface area contributed by atoms with E-state index in [0.717, 1.165) is 18.1 Å². The lowest BCUT2D eigenvalue weighted by molar-refractivity contribution is 0.361. The number of alkyl halides is 1. The number of oxazole rings is 1. The highest BCUT2D eigenvalue weighted by Gasteiger charge is 2.19. The summed E-state index contributed by atoms with van der Waals surface area (Å²) in [6, 6.07) is 0. The van der Waals surface area contributed by atoms with Crippen LogP contribution in [0, 0.1) is 0 Å². The van der Waals surface area contributed by atoms with Crippen LogP contribution in [0.4, 0.5) is 0 Å². The first kappa shape index (κ1) is 10.0. The van der Waals surface area contributed by atoms with Crippen molar-refractivity contribution in [2.24, 2.45) is 0 Å². The maximum absolute atomic E-state index is 5.67. The van der Waals surface area contributed by atoms with Gasteiger partial charge in [-0.1, -0.05) is 19.3 Å². The molecule has 3 heteroatoms. The summed E-state index contributed by atoms with van der Waals surface area (Å²) < 4.78 is 5.67. The molecule has 78 valence electrons. The second kappa shape index (κ2) is 4.83. The van der Waals surface area contributed by atoms with Gasteiger partial charge in [0.05, 0.1) is 6.20 Å². The Morgan fingerprint density at radius 2 is 2.14 bits per heavy atom. The summed E-state index contributed by atoms with van der Waals surface area (Å²) in [5.74, 6) is 3.07. The molecule has 0 radical (unpaired) electrons. The van der Waals surface area contributed by atoms with Crippen LogP contribution < -0.4 is 0 Å². The molecule has 1 heterocycles. The second-order valence-electron chi connectivity index (χ2n) is 3.93. The van der Waals surface area contributed by atoms with E-state index in [0.29, 0.717) is 11.8 Å². The molecule has 0 saturated heterocycles. The maximum atomic E-state index is 5.67. The minimum atomic E-state index is 0.588. The van der Waals surface area contributed by atoms with Crippen molar-refractivity contribution in [3.05, 3.63) is 17.8 Å². The average Bonchev–Trinajstić information content (AvgIpc) is 2.68. The summed E-state index contributed by atoms with van der Waals surface area (Å²) in [4.78, 5) is 4.23. The lowest BCUT2D eigenvalue weighted by Gasteiger charge is -2.18. The summed E-state index contributed by atoms with van der Waals surface area (Å²) in [6.07, 6.45) is 9.18. The molecule has 2 nitrogen and oxygen atoms in total. The van der Waals surface area contributed by atoms with Gasteiger partial charge in [0.25, 0.3) is 0 Å². The summed E-state index contributed by atoms with van der Waals surface area (Å²) >= 11 is 5.63. The monoisotopic (exact) mass is 213 g/mol. The zero-order valence-electron chi connectivity index (χ0n) is 8.34. The fourth-order valence-corrected chi connectivity index (χ4v) is 2.26. The van der Waals surface area contributed by atoms with E-state index in [4.69, 9.17) is 16.0 Å². The van der Waals surface area contributed by atoms with E-state index < -0.39 is 0 Å². The molecule has 1 saturated carbocycles. The molecule has 0 aromatic carbocycles. The standard InChI is InChI=1S/C11H16ClNO/c12-7-6-11-13-8-10(14-11)9-4-2-1-3-5-9/h8-9H,1-7H2. The van der Waals surface area contributed by atoms with Gasteiger partial charge in [-0.05, 0) is 12.8 Å². The normalized spacial score (nSPS) is 18.6. The van der Waals surface area contributed by atoms with Crippen LogP contribution in [0.1, 0.15) is 49.7 Å². The summed E-state index contributed by atoms with van der Waals surface area (Å²) in [5.41, 5.74) is 0. The Morgan fingerprint density at radius 3 is 2.86 bits per heavy atom. The number of hydrogen-bond acceptors (Lipinski definition) is 2. The number of nitrogens with zero attached hydrogens (tertiary/aromatic N) is 1. The van der Waals surface area contributed by atoms with Crippen LogP contribution in [0.3, 0.4) is 0 Å². The van der Waals surface area contributed by atoms with Crippen LogP contribution in [0.2, 0.25) is 0 Å². The topological polar surface area (TPSA) is 26.0 Å². The number of aryl methyl sites for hydroxylation is 1. The van der Waals surface area contributed by atoms with Crippen LogP contribution in [0.5, 0.6) is 0 Å². The summed E-state index contributed by atoms with van der Waals surface area (Å²) in [7, 11) is 0. The highest BCUT2D eigenvalue weighted by molar-refractivity contribution is 6.17. The quantitative estimate of drug-likeness (QED) is 0.719. The molecule has 0 unspecified atom stereocenters. The number of hydrogen-bond donors (Lipinski definition) is 0. The molecule has 0 spiro atoms. The smallest absolute Gasteiger partial charge is 0.195 e. The van der Waals surface area contributed by atoms with E-state index in [9.17, 15) is 0 Å². The third-order valence-corrected chi connectivity index (χ3v) is 3.08. The van der Waals surface area contributed by atoms with Crippen LogP contribution in [-0.4, -0.2) is 10.9 Å². The minimum Gasteiger partial charge on any atom is -0.445 e. The number of rotatable bonds is 3. The third kappa shape index (κ3) is 2.30. The fourth-order valence-electron chi connectivity index (χ4n) is 2.10. The van der Waals surface area contributed by atoms with Crippen LogP contribution in [0.15, 0.2) is 10.6 Å².